The van der Waals surface area contributed by atoms with Crippen molar-refractivity contribution >= 4 is 17.7 Å². The van der Waals surface area contributed by atoms with Crippen LogP contribution in [0.15, 0.2) is 35.5 Å². The Bertz CT molecular complexity index is 720. The maximum atomic E-state index is 5.65. The summed E-state index contributed by atoms with van der Waals surface area (Å²) in [6.07, 6.45) is 0. The van der Waals surface area contributed by atoms with E-state index in [2.05, 4.69) is 25.7 Å². The van der Waals surface area contributed by atoms with Gasteiger partial charge < -0.3 is 5.73 Å². The van der Waals surface area contributed by atoms with E-state index in [9.17, 15) is 0 Å². The number of thioether (sulfide) groups is 1. The number of nitrogens with zero attached hydrogens (tertiary/aromatic N) is 7. The number of tetrazole rings is 1. The summed E-state index contributed by atoms with van der Waals surface area (Å²) < 4.78 is 3.51. The van der Waals surface area contributed by atoms with Crippen molar-refractivity contribution in [3.63, 3.8) is 0 Å². The van der Waals surface area contributed by atoms with E-state index >= 15 is 0 Å². The molecule has 3 rings (SSSR count). The summed E-state index contributed by atoms with van der Waals surface area (Å²) in [6, 6.07) is 10.1. The van der Waals surface area contributed by atoms with Crippen LogP contribution in [0, 0.1) is 0 Å². The molecule has 0 saturated heterocycles. The van der Waals surface area contributed by atoms with Gasteiger partial charge in [-0.05, 0) is 16.0 Å². The fourth-order valence-corrected chi connectivity index (χ4v) is 2.64. The minimum absolute atomic E-state index is 0.390. The topological polar surface area (TPSA) is 100 Å². The molecule has 21 heavy (non-hydrogen) atoms. The number of rotatable bonds is 5. The minimum Gasteiger partial charge on any atom is -0.368 e. The summed E-state index contributed by atoms with van der Waals surface area (Å²) in [5.41, 5.74) is 6.80. The lowest BCUT2D eigenvalue weighted by Gasteiger charge is -2.04. The van der Waals surface area contributed by atoms with E-state index in [1.54, 1.807) is 9.25 Å². The first kappa shape index (κ1) is 13.6. The molecule has 8 nitrogen and oxygen atoms in total. The second kappa shape index (κ2) is 5.92. The highest BCUT2D eigenvalue weighted by Crippen LogP contribution is 2.20. The molecule has 0 fully saturated rings. The van der Waals surface area contributed by atoms with Gasteiger partial charge in [-0.25, -0.2) is 4.68 Å². The third kappa shape index (κ3) is 3.02. The predicted molar refractivity (Wildman–Crippen MR) is 78.3 cm³/mol. The maximum Gasteiger partial charge on any atom is 0.222 e. The van der Waals surface area contributed by atoms with Crippen molar-refractivity contribution in [1.82, 2.24) is 35.0 Å². The summed E-state index contributed by atoms with van der Waals surface area (Å²) in [4.78, 5) is 0. The molecule has 3 aromatic rings. The summed E-state index contributed by atoms with van der Waals surface area (Å²) in [5, 5.41) is 20.4. The second-order valence-corrected chi connectivity index (χ2v) is 5.37. The minimum atomic E-state index is 0.390. The van der Waals surface area contributed by atoms with Crippen LogP contribution in [0.5, 0.6) is 0 Å². The number of anilines is 1. The van der Waals surface area contributed by atoms with Crippen LogP contribution in [0.25, 0.3) is 0 Å². The van der Waals surface area contributed by atoms with Crippen molar-refractivity contribution in [2.24, 2.45) is 7.05 Å². The maximum absolute atomic E-state index is 5.65. The fraction of sp³-hybridized carbons (Fsp3) is 0.250. The molecule has 0 aliphatic heterocycles. The number of hydrogen-bond donors (Lipinski definition) is 1. The largest absolute Gasteiger partial charge is 0.368 e. The van der Waals surface area contributed by atoms with Gasteiger partial charge in [-0.2, -0.15) is 0 Å². The Hall–Kier alpha value is -2.42. The van der Waals surface area contributed by atoms with Crippen molar-refractivity contribution in [1.29, 1.82) is 0 Å². The van der Waals surface area contributed by atoms with Crippen LogP contribution in [-0.2, 0) is 19.3 Å². The third-order valence-corrected chi connectivity index (χ3v) is 4.00. The van der Waals surface area contributed by atoms with Gasteiger partial charge in [0.2, 0.25) is 5.95 Å². The summed E-state index contributed by atoms with van der Waals surface area (Å²) in [5.74, 6) is 1.78. The van der Waals surface area contributed by atoms with Crippen LogP contribution < -0.4 is 5.73 Å². The van der Waals surface area contributed by atoms with E-state index < -0.39 is 0 Å². The van der Waals surface area contributed by atoms with Crippen molar-refractivity contribution in [2.45, 2.75) is 17.5 Å². The van der Waals surface area contributed by atoms with E-state index in [1.807, 2.05) is 37.4 Å². The van der Waals surface area contributed by atoms with Crippen LogP contribution in [-0.4, -0.2) is 35.0 Å². The van der Waals surface area contributed by atoms with E-state index in [1.165, 1.54) is 11.8 Å². The average Bonchev–Trinajstić information content (AvgIpc) is 3.07. The van der Waals surface area contributed by atoms with Crippen LogP contribution >= 0.6 is 11.8 Å². The molecule has 0 saturated carbocycles. The van der Waals surface area contributed by atoms with E-state index in [0.717, 1.165) is 16.5 Å². The monoisotopic (exact) mass is 302 g/mol. The van der Waals surface area contributed by atoms with Crippen LogP contribution in [0.2, 0.25) is 0 Å². The Morgan fingerprint density at radius 2 is 1.95 bits per heavy atom. The number of nitrogens with two attached hydrogens (primary N) is 1. The van der Waals surface area contributed by atoms with E-state index in [4.69, 9.17) is 5.73 Å². The van der Waals surface area contributed by atoms with Gasteiger partial charge >= 0.3 is 0 Å². The zero-order chi connectivity index (χ0) is 14.7. The lowest BCUT2D eigenvalue weighted by Crippen LogP contribution is -2.06. The van der Waals surface area contributed by atoms with Crippen LogP contribution in [0.4, 0.5) is 5.95 Å². The molecule has 2 heterocycles. The molecule has 0 aliphatic rings. The summed E-state index contributed by atoms with van der Waals surface area (Å²) in [6.45, 7) is 0.644. The molecule has 108 valence electrons. The fourth-order valence-electron chi connectivity index (χ4n) is 1.79. The Balaban J connectivity index is 1.70. The molecule has 1 aromatic carbocycles. The third-order valence-electron chi connectivity index (χ3n) is 2.98. The molecule has 0 unspecified atom stereocenters. The zero-order valence-corrected chi connectivity index (χ0v) is 12.2. The number of nitrogen functional groups attached to an aromatic ring is 1. The number of benzene rings is 1. The van der Waals surface area contributed by atoms with Gasteiger partial charge in [0.15, 0.2) is 11.0 Å². The molecule has 0 spiro atoms. The van der Waals surface area contributed by atoms with Crippen molar-refractivity contribution < 1.29 is 0 Å². The van der Waals surface area contributed by atoms with E-state index in [0.29, 0.717) is 18.2 Å². The van der Waals surface area contributed by atoms with Gasteiger partial charge in [0.05, 0.1) is 12.3 Å². The Morgan fingerprint density at radius 3 is 2.67 bits per heavy atom. The highest BCUT2D eigenvalue weighted by Gasteiger charge is 2.11. The van der Waals surface area contributed by atoms with Crippen molar-refractivity contribution in [3.8, 4) is 0 Å². The first-order chi connectivity index (χ1) is 10.2. The molecular formula is C12H14N8S. The predicted octanol–water partition coefficient (Wildman–Crippen LogP) is 0.724. The molecule has 0 amide bonds. The lowest BCUT2D eigenvalue weighted by atomic mass is 10.2. The second-order valence-electron chi connectivity index (χ2n) is 4.43. The van der Waals surface area contributed by atoms with Gasteiger partial charge in [-0.15, -0.1) is 15.3 Å². The molecule has 0 radical (unpaired) electrons. The molecule has 2 N–H and O–H groups in total. The number of hydrogen-bond acceptors (Lipinski definition) is 7. The van der Waals surface area contributed by atoms with Gasteiger partial charge in [-0.1, -0.05) is 42.1 Å². The van der Waals surface area contributed by atoms with E-state index in [-0.39, 0.29) is 0 Å². The SMILES string of the molecule is Cn1c(N)nnc1SCc1nnnn1Cc1ccccc1. The lowest BCUT2D eigenvalue weighted by molar-refractivity contribution is 0.631. The van der Waals surface area contributed by atoms with Crippen molar-refractivity contribution in [2.75, 3.05) is 5.73 Å². The van der Waals surface area contributed by atoms with Gasteiger partial charge in [0, 0.05) is 7.05 Å². The van der Waals surface area contributed by atoms with Gasteiger partial charge in [0.25, 0.3) is 0 Å². The first-order valence-corrected chi connectivity index (χ1v) is 7.29. The highest BCUT2D eigenvalue weighted by molar-refractivity contribution is 7.98. The standard InChI is InChI=1S/C12H14N8S/c1-19-11(13)15-16-12(19)21-8-10-14-17-18-20(10)7-9-5-3-2-4-6-9/h2-6H,7-8H2,1H3,(H2,13,15). The van der Waals surface area contributed by atoms with Crippen molar-refractivity contribution in [3.05, 3.63) is 41.7 Å². The summed E-state index contributed by atoms with van der Waals surface area (Å²) >= 11 is 1.50. The highest BCUT2D eigenvalue weighted by atomic mass is 32.2. The molecule has 9 heteroatoms. The first-order valence-electron chi connectivity index (χ1n) is 6.30. The van der Waals surface area contributed by atoms with Gasteiger partial charge in [0.1, 0.15) is 0 Å². The molecule has 0 bridgehead atoms. The Kier molecular flexibility index (Phi) is 3.82. The smallest absolute Gasteiger partial charge is 0.222 e. The average molecular weight is 302 g/mol. The van der Waals surface area contributed by atoms with Crippen LogP contribution in [0.1, 0.15) is 11.4 Å². The molecular weight excluding hydrogens is 288 g/mol. The quantitative estimate of drug-likeness (QED) is 0.693. The zero-order valence-electron chi connectivity index (χ0n) is 11.4. The molecule has 0 aliphatic carbocycles. The van der Waals surface area contributed by atoms with Crippen LogP contribution in [0.3, 0.4) is 0 Å². The number of aromatic nitrogens is 7. The Morgan fingerprint density at radius 1 is 1.14 bits per heavy atom. The Labute approximate surface area is 125 Å². The molecule has 2 aromatic heterocycles. The summed E-state index contributed by atoms with van der Waals surface area (Å²) in [7, 11) is 1.82. The normalized spacial score (nSPS) is 10.9. The molecule has 0 atom stereocenters. The van der Waals surface area contributed by atoms with Gasteiger partial charge in [-0.3, -0.25) is 4.57 Å².